The van der Waals surface area contributed by atoms with E-state index in [2.05, 4.69) is 4.74 Å². The molecule has 11 heavy (non-hydrogen) atoms. The van der Waals surface area contributed by atoms with E-state index in [1.54, 1.807) is 0 Å². The highest BCUT2D eigenvalue weighted by Gasteiger charge is 1.93. The average Bonchev–Trinajstić information content (AvgIpc) is 1.85. The molecule has 0 unspecified atom stereocenters. The maximum absolute atomic E-state index is 9.81. The van der Waals surface area contributed by atoms with Gasteiger partial charge in [-0.3, -0.25) is 9.59 Å². The Balaban J connectivity index is 0. The molecule has 0 saturated carbocycles. The second-order valence-corrected chi connectivity index (χ2v) is 1.66. The van der Waals surface area contributed by atoms with Crippen molar-refractivity contribution in [1.82, 2.24) is 0 Å². The average molecular weight is 162 g/mol. The highest BCUT2D eigenvalue weighted by Crippen LogP contribution is 1.73. The van der Waals surface area contributed by atoms with Crippen LogP contribution in [0.2, 0.25) is 0 Å². The summed E-state index contributed by atoms with van der Waals surface area (Å²) in [6.07, 6.45) is 0. The molecule has 0 aliphatic rings. The fourth-order valence-electron chi connectivity index (χ4n) is 0.202. The molecule has 0 bridgehead atoms. The lowest BCUT2D eigenvalue weighted by Crippen LogP contribution is -2.11. The largest absolute Gasteiger partial charge is 0.394 e. The van der Waals surface area contributed by atoms with Crippen molar-refractivity contribution in [3.63, 3.8) is 0 Å². The monoisotopic (exact) mass is 162 g/mol. The van der Waals surface area contributed by atoms with Crippen LogP contribution >= 0.6 is 0 Å². The van der Waals surface area contributed by atoms with Gasteiger partial charge in [0.1, 0.15) is 0 Å². The van der Waals surface area contributed by atoms with Gasteiger partial charge in [0, 0.05) is 26.9 Å². The van der Waals surface area contributed by atoms with Crippen molar-refractivity contribution in [1.29, 1.82) is 0 Å². The van der Waals surface area contributed by atoms with Gasteiger partial charge in [0.2, 0.25) is 0 Å². The summed E-state index contributed by atoms with van der Waals surface area (Å²) in [5.74, 6) is -1.12. The van der Waals surface area contributed by atoms with Crippen LogP contribution in [0, 0.1) is 0 Å². The molecule has 0 aliphatic heterocycles. The second kappa shape index (κ2) is 9.06. The van der Waals surface area contributed by atoms with Crippen LogP contribution in [0.3, 0.4) is 0 Å². The zero-order chi connectivity index (χ0) is 9.28. The Morgan fingerprint density at radius 2 is 1.36 bits per heavy atom. The van der Waals surface area contributed by atoms with Crippen molar-refractivity contribution >= 4 is 11.9 Å². The molecule has 5 heteroatoms. The van der Waals surface area contributed by atoms with Crippen molar-refractivity contribution in [3.8, 4) is 0 Å². The fourth-order valence-corrected chi connectivity index (χ4v) is 0.202. The molecule has 5 nitrogen and oxygen atoms in total. The normalized spacial score (nSPS) is 7.64. The maximum atomic E-state index is 9.81. The summed E-state index contributed by atoms with van der Waals surface area (Å²) in [5, 5.41) is 0. The Morgan fingerprint density at radius 3 is 1.36 bits per heavy atom. The van der Waals surface area contributed by atoms with Crippen LogP contribution in [0.5, 0.6) is 0 Å². The third-order valence-electron chi connectivity index (χ3n) is 0.454. The van der Waals surface area contributed by atoms with E-state index in [0.717, 1.165) is 0 Å². The summed E-state index contributed by atoms with van der Waals surface area (Å²) in [6.45, 7) is 3.56. The first-order chi connectivity index (χ1) is 5.04. The number of hydrogen-bond donors (Lipinski definition) is 2. The third kappa shape index (κ3) is 27.4. The van der Waals surface area contributed by atoms with Crippen LogP contribution in [0.4, 0.5) is 0 Å². The Kier molecular flexibility index (Phi) is 10.5. The van der Waals surface area contributed by atoms with Gasteiger partial charge in [-0.15, -0.1) is 0 Å². The van der Waals surface area contributed by atoms with E-state index in [0.29, 0.717) is 13.1 Å². The smallest absolute Gasteiger partial charge is 0.310 e. The number of hydrogen-bond acceptors (Lipinski definition) is 5. The lowest BCUT2D eigenvalue weighted by Gasteiger charge is -1.87. The Labute approximate surface area is 65.7 Å². The number of ether oxygens (including phenoxy) is 1. The predicted molar refractivity (Wildman–Crippen MR) is 40.6 cm³/mol. The molecule has 0 amide bonds. The minimum Gasteiger partial charge on any atom is -0.394 e. The van der Waals surface area contributed by atoms with Gasteiger partial charge in [-0.05, 0) is 0 Å². The van der Waals surface area contributed by atoms with Crippen LogP contribution in [0.15, 0.2) is 0 Å². The first-order valence-corrected chi connectivity index (χ1v) is 3.13. The fraction of sp³-hybridized carbons (Fsp3) is 0.667. The van der Waals surface area contributed by atoms with Crippen LogP contribution in [0.25, 0.3) is 0 Å². The van der Waals surface area contributed by atoms with E-state index in [4.69, 9.17) is 11.5 Å². The van der Waals surface area contributed by atoms with Gasteiger partial charge in [0.05, 0.1) is 0 Å². The van der Waals surface area contributed by atoms with Crippen LogP contribution in [-0.2, 0) is 14.3 Å². The van der Waals surface area contributed by atoms with Gasteiger partial charge in [0.25, 0.3) is 0 Å². The number of esters is 2. The van der Waals surface area contributed by atoms with Crippen molar-refractivity contribution in [3.05, 3.63) is 0 Å². The van der Waals surface area contributed by atoms with Gasteiger partial charge >= 0.3 is 11.9 Å². The number of rotatable bonds is 1. The van der Waals surface area contributed by atoms with E-state index in [1.165, 1.54) is 13.8 Å². The lowest BCUT2D eigenvalue weighted by molar-refractivity contribution is -0.156. The van der Waals surface area contributed by atoms with E-state index < -0.39 is 11.9 Å². The summed E-state index contributed by atoms with van der Waals surface area (Å²) < 4.78 is 3.97. The van der Waals surface area contributed by atoms with Gasteiger partial charge in [-0.1, -0.05) is 0 Å². The Bertz CT molecular complexity index is 111. The molecule has 4 N–H and O–H groups in total. The molecule has 0 rings (SSSR count). The molecule has 0 spiro atoms. The van der Waals surface area contributed by atoms with Gasteiger partial charge in [0.15, 0.2) is 0 Å². The highest BCUT2D eigenvalue weighted by molar-refractivity contribution is 5.82. The highest BCUT2D eigenvalue weighted by atomic mass is 16.6. The molecule has 0 atom stereocenters. The molecular weight excluding hydrogens is 148 g/mol. The minimum atomic E-state index is -0.562. The van der Waals surface area contributed by atoms with E-state index >= 15 is 0 Å². The van der Waals surface area contributed by atoms with E-state index in [1.807, 2.05) is 0 Å². The zero-order valence-corrected chi connectivity index (χ0v) is 6.79. The summed E-state index contributed by atoms with van der Waals surface area (Å²) in [4.78, 5) is 19.6. The third-order valence-corrected chi connectivity index (χ3v) is 0.454. The summed E-state index contributed by atoms with van der Waals surface area (Å²) >= 11 is 0. The maximum Gasteiger partial charge on any atom is 0.310 e. The number of nitrogens with two attached hydrogens (primary N) is 2. The number of carbonyl (C=O) groups is 2. The Hall–Kier alpha value is -0.940. The molecule has 0 aliphatic carbocycles. The summed E-state index contributed by atoms with van der Waals surface area (Å²) in [7, 11) is 0. The van der Waals surface area contributed by atoms with Gasteiger partial charge in [-0.25, -0.2) is 0 Å². The van der Waals surface area contributed by atoms with Crippen LogP contribution in [-0.4, -0.2) is 25.0 Å². The Morgan fingerprint density at radius 1 is 1.09 bits per heavy atom. The molecule has 0 aromatic heterocycles. The topological polar surface area (TPSA) is 95.4 Å². The van der Waals surface area contributed by atoms with Crippen molar-refractivity contribution in [2.45, 2.75) is 13.8 Å². The summed E-state index contributed by atoms with van der Waals surface area (Å²) in [5.41, 5.74) is 9.81. The SMILES string of the molecule is CC(=O)OC(C)=O.NCCN. The second-order valence-electron chi connectivity index (χ2n) is 1.66. The van der Waals surface area contributed by atoms with Gasteiger partial charge < -0.3 is 16.2 Å². The van der Waals surface area contributed by atoms with Gasteiger partial charge in [-0.2, -0.15) is 0 Å². The molecule has 0 fully saturated rings. The molecule has 0 saturated heterocycles. The summed E-state index contributed by atoms with van der Waals surface area (Å²) in [6, 6.07) is 0. The minimum absolute atomic E-state index is 0.562. The first-order valence-electron chi connectivity index (χ1n) is 3.13. The van der Waals surface area contributed by atoms with E-state index in [-0.39, 0.29) is 0 Å². The predicted octanol–water partition coefficient (Wildman–Crippen LogP) is -1.00. The molecule has 66 valence electrons. The standard InChI is InChI=1S/C4H6O3.C2H8N2/c1-3(5)7-4(2)6;3-1-2-4/h1-2H3;1-4H2. The van der Waals surface area contributed by atoms with Crippen molar-refractivity contribution < 1.29 is 14.3 Å². The van der Waals surface area contributed by atoms with E-state index in [9.17, 15) is 9.59 Å². The molecule has 0 heterocycles. The quantitative estimate of drug-likeness (QED) is 0.381. The molecular formula is C6H14N2O3. The first kappa shape index (κ1) is 12.7. The van der Waals surface area contributed by atoms with Crippen molar-refractivity contribution in [2.24, 2.45) is 11.5 Å². The molecule has 0 radical (unpaired) electrons. The molecule has 0 aromatic rings. The zero-order valence-electron chi connectivity index (χ0n) is 6.79. The van der Waals surface area contributed by atoms with Crippen LogP contribution in [0.1, 0.15) is 13.8 Å². The molecule has 0 aromatic carbocycles. The van der Waals surface area contributed by atoms with Crippen molar-refractivity contribution in [2.75, 3.05) is 13.1 Å². The lowest BCUT2D eigenvalue weighted by atomic mass is 10.7. The number of carbonyl (C=O) groups excluding carboxylic acids is 2. The van der Waals surface area contributed by atoms with Crippen LogP contribution < -0.4 is 11.5 Å².